The summed E-state index contributed by atoms with van der Waals surface area (Å²) in [4.78, 5) is 25.9. The summed E-state index contributed by atoms with van der Waals surface area (Å²) in [5.41, 5.74) is 3.62. The summed E-state index contributed by atoms with van der Waals surface area (Å²) in [6, 6.07) is 15.0. The van der Waals surface area contributed by atoms with Crippen LogP contribution in [0.5, 0.6) is 0 Å². The van der Waals surface area contributed by atoms with Crippen LogP contribution >= 0.6 is 0 Å². The number of nitrogens with zero attached hydrogens (tertiary/aromatic N) is 1. The molecule has 0 saturated heterocycles. The van der Waals surface area contributed by atoms with Gasteiger partial charge in [0.2, 0.25) is 5.91 Å². The first-order chi connectivity index (χ1) is 11.4. The first-order valence-corrected chi connectivity index (χ1v) is 8.04. The molecule has 2 aromatic carbocycles. The molecule has 0 bridgehead atoms. The van der Waals surface area contributed by atoms with E-state index in [1.807, 2.05) is 18.9 Å². The molecule has 1 atom stereocenters. The second-order valence-electron chi connectivity index (χ2n) is 6.20. The van der Waals surface area contributed by atoms with E-state index in [2.05, 4.69) is 36.5 Å². The van der Waals surface area contributed by atoms with Crippen LogP contribution in [-0.2, 0) is 11.3 Å². The van der Waals surface area contributed by atoms with Gasteiger partial charge in [-0.2, -0.15) is 0 Å². The molecule has 0 saturated carbocycles. The summed E-state index contributed by atoms with van der Waals surface area (Å²) < 4.78 is 0. The van der Waals surface area contributed by atoms with E-state index in [4.69, 9.17) is 0 Å². The third kappa shape index (κ3) is 4.77. The third-order valence-corrected chi connectivity index (χ3v) is 4.13. The monoisotopic (exact) mass is 324 g/mol. The first-order valence-electron chi connectivity index (χ1n) is 8.04. The van der Waals surface area contributed by atoms with Crippen LogP contribution < -0.4 is 5.32 Å². The predicted molar refractivity (Wildman–Crippen MR) is 97.2 cm³/mol. The van der Waals surface area contributed by atoms with Crippen LogP contribution in [0.15, 0.2) is 48.5 Å². The van der Waals surface area contributed by atoms with Gasteiger partial charge in [0, 0.05) is 17.8 Å². The van der Waals surface area contributed by atoms with Crippen molar-refractivity contribution in [3.63, 3.8) is 0 Å². The van der Waals surface area contributed by atoms with E-state index in [0.717, 1.165) is 0 Å². The fourth-order valence-electron chi connectivity index (χ4n) is 2.38. The maximum absolute atomic E-state index is 12.4. The molecule has 0 spiro atoms. The third-order valence-electron chi connectivity index (χ3n) is 4.13. The lowest BCUT2D eigenvalue weighted by atomic mass is 10.1. The Bertz CT molecular complexity index is 723. The summed E-state index contributed by atoms with van der Waals surface area (Å²) in [5.74, 6) is -0.110. The predicted octanol–water partition coefficient (Wildman–Crippen LogP) is 3.66. The molecular formula is C20H24N2O2. The number of Topliss-reactive ketones (excluding diaryl/α,β-unsaturated/α-hetero) is 1. The first kappa shape index (κ1) is 17.9. The van der Waals surface area contributed by atoms with Crippen LogP contribution in [0.1, 0.15) is 35.3 Å². The van der Waals surface area contributed by atoms with E-state index in [1.165, 1.54) is 18.1 Å². The highest BCUT2D eigenvalue weighted by Crippen LogP contribution is 2.13. The molecule has 0 aromatic heterocycles. The van der Waals surface area contributed by atoms with Crippen molar-refractivity contribution < 1.29 is 9.59 Å². The Hall–Kier alpha value is -2.46. The van der Waals surface area contributed by atoms with Crippen molar-refractivity contribution >= 4 is 17.4 Å². The zero-order valence-electron chi connectivity index (χ0n) is 14.7. The average Bonchev–Trinajstić information content (AvgIpc) is 2.56. The van der Waals surface area contributed by atoms with Gasteiger partial charge in [-0.1, -0.05) is 42.0 Å². The molecule has 4 heteroatoms. The smallest absolute Gasteiger partial charge is 0.241 e. The van der Waals surface area contributed by atoms with E-state index in [0.29, 0.717) is 17.8 Å². The van der Waals surface area contributed by atoms with E-state index in [1.54, 1.807) is 24.3 Å². The lowest BCUT2D eigenvalue weighted by Crippen LogP contribution is -2.39. The Morgan fingerprint density at radius 1 is 1.12 bits per heavy atom. The molecule has 1 N–H and O–H groups in total. The molecule has 2 aromatic rings. The summed E-state index contributed by atoms with van der Waals surface area (Å²) in [6.07, 6.45) is 0. The topological polar surface area (TPSA) is 49.4 Å². The van der Waals surface area contributed by atoms with Crippen molar-refractivity contribution in [3.05, 3.63) is 65.2 Å². The van der Waals surface area contributed by atoms with Crippen molar-refractivity contribution in [1.82, 2.24) is 4.90 Å². The minimum atomic E-state index is -0.285. The number of nitrogens with one attached hydrogen (secondary N) is 1. The molecular weight excluding hydrogens is 300 g/mol. The molecule has 0 unspecified atom stereocenters. The van der Waals surface area contributed by atoms with Gasteiger partial charge in [0.1, 0.15) is 0 Å². The van der Waals surface area contributed by atoms with Crippen molar-refractivity contribution in [2.24, 2.45) is 0 Å². The van der Waals surface area contributed by atoms with Gasteiger partial charge in [-0.25, -0.2) is 0 Å². The molecule has 126 valence electrons. The highest BCUT2D eigenvalue weighted by atomic mass is 16.2. The lowest BCUT2D eigenvalue weighted by Gasteiger charge is -2.24. The molecule has 0 aliphatic heterocycles. The SMILES string of the molecule is CC(=O)c1cccc(NC(=O)[C@H](C)N(C)Cc2ccc(C)cc2)c1. The van der Waals surface area contributed by atoms with Gasteiger partial charge < -0.3 is 5.32 Å². The molecule has 0 aliphatic carbocycles. The number of anilines is 1. The summed E-state index contributed by atoms with van der Waals surface area (Å²) in [5, 5.41) is 2.88. The van der Waals surface area contributed by atoms with Gasteiger partial charge in [0.15, 0.2) is 5.78 Å². The van der Waals surface area contributed by atoms with Crippen LogP contribution in [0.2, 0.25) is 0 Å². The molecule has 0 aliphatic rings. The summed E-state index contributed by atoms with van der Waals surface area (Å²) in [6.45, 7) is 6.14. The van der Waals surface area contributed by atoms with E-state index < -0.39 is 0 Å². The maximum Gasteiger partial charge on any atom is 0.241 e. The molecule has 2 rings (SSSR count). The standard InChI is InChI=1S/C20H24N2O2/c1-14-8-10-17(11-9-14)13-22(4)15(2)20(24)21-19-7-5-6-18(12-19)16(3)23/h5-12,15H,13H2,1-4H3,(H,21,24)/t15-/m0/s1. The molecule has 1 amide bonds. The number of hydrogen-bond acceptors (Lipinski definition) is 3. The normalized spacial score (nSPS) is 12.0. The quantitative estimate of drug-likeness (QED) is 0.825. The van der Waals surface area contributed by atoms with Crippen LogP contribution in [0.3, 0.4) is 0 Å². The van der Waals surface area contributed by atoms with E-state index in [-0.39, 0.29) is 17.7 Å². The lowest BCUT2D eigenvalue weighted by molar-refractivity contribution is -0.120. The number of aryl methyl sites for hydroxylation is 1. The van der Waals surface area contributed by atoms with Crippen LogP contribution in [0.25, 0.3) is 0 Å². The van der Waals surface area contributed by atoms with E-state index >= 15 is 0 Å². The zero-order valence-corrected chi connectivity index (χ0v) is 14.7. The second kappa shape index (κ2) is 7.88. The fourth-order valence-corrected chi connectivity index (χ4v) is 2.38. The van der Waals surface area contributed by atoms with E-state index in [9.17, 15) is 9.59 Å². The molecule has 24 heavy (non-hydrogen) atoms. The van der Waals surface area contributed by atoms with Gasteiger partial charge in [-0.15, -0.1) is 0 Å². The fraction of sp³-hybridized carbons (Fsp3) is 0.300. The molecule has 0 heterocycles. The van der Waals surface area contributed by atoms with Crippen LogP contribution in [0, 0.1) is 6.92 Å². The van der Waals surface area contributed by atoms with Gasteiger partial charge in [0.05, 0.1) is 6.04 Å². The molecule has 0 fully saturated rings. The number of rotatable bonds is 6. The number of carbonyl (C=O) groups excluding carboxylic acids is 2. The Labute approximate surface area is 143 Å². The van der Waals surface area contributed by atoms with Crippen LogP contribution in [0.4, 0.5) is 5.69 Å². The highest BCUT2D eigenvalue weighted by Gasteiger charge is 2.18. The number of ketones is 1. The number of carbonyl (C=O) groups is 2. The minimum absolute atomic E-state index is 0.0179. The van der Waals surface area contributed by atoms with Gasteiger partial charge >= 0.3 is 0 Å². The Balaban J connectivity index is 1.99. The van der Waals surface area contributed by atoms with Crippen LogP contribution in [-0.4, -0.2) is 29.7 Å². The maximum atomic E-state index is 12.4. The molecule has 0 radical (unpaired) electrons. The van der Waals surface area contributed by atoms with Gasteiger partial charge in [-0.3, -0.25) is 14.5 Å². The second-order valence-corrected chi connectivity index (χ2v) is 6.20. The Morgan fingerprint density at radius 3 is 2.42 bits per heavy atom. The summed E-state index contributed by atoms with van der Waals surface area (Å²) >= 11 is 0. The van der Waals surface area contributed by atoms with Gasteiger partial charge in [0.25, 0.3) is 0 Å². The zero-order chi connectivity index (χ0) is 17.7. The van der Waals surface area contributed by atoms with Crippen molar-refractivity contribution in [1.29, 1.82) is 0 Å². The largest absolute Gasteiger partial charge is 0.325 e. The van der Waals surface area contributed by atoms with Crippen molar-refractivity contribution in [2.45, 2.75) is 33.4 Å². The minimum Gasteiger partial charge on any atom is -0.325 e. The Morgan fingerprint density at radius 2 is 1.79 bits per heavy atom. The van der Waals surface area contributed by atoms with Crippen molar-refractivity contribution in [3.8, 4) is 0 Å². The van der Waals surface area contributed by atoms with Gasteiger partial charge in [-0.05, 0) is 45.5 Å². The summed E-state index contributed by atoms with van der Waals surface area (Å²) in [7, 11) is 1.93. The number of amides is 1. The average molecular weight is 324 g/mol. The van der Waals surface area contributed by atoms with Crippen molar-refractivity contribution in [2.75, 3.05) is 12.4 Å². The number of benzene rings is 2. The number of likely N-dealkylation sites (N-methyl/N-ethyl adjacent to an activating group) is 1. The highest BCUT2D eigenvalue weighted by molar-refractivity contribution is 5.98. The molecule has 4 nitrogen and oxygen atoms in total. The number of hydrogen-bond donors (Lipinski definition) is 1. The Kier molecular flexibility index (Phi) is 5.88.